The minimum absolute atomic E-state index is 0.0160. The Hall–Kier alpha value is -3.38. The normalized spacial score (nSPS) is 13.2. The molecule has 2 amide bonds. The summed E-state index contributed by atoms with van der Waals surface area (Å²) in [7, 11) is -3.97. The standard InChI is InChI=1S/C32H37BrF3N3O4S/c1-4-23(2)37-31(41)29(20-24-11-6-5-7-12-24)38(22-25-13-8-15-27(33)19-25)30(40)17-10-18-39(44(3,42)43)28-16-9-14-26(21-28)32(34,35)36/h5-9,11-16,19,21,23,29H,4,10,17-18,20,22H2,1-3H3,(H,37,41)/t23-,29-/m0/s1. The molecule has 7 nitrogen and oxygen atoms in total. The van der Waals surface area contributed by atoms with Gasteiger partial charge < -0.3 is 10.2 Å². The number of anilines is 1. The third kappa shape index (κ3) is 10.4. The van der Waals surface area contributed by atoms with E-state index < -0.39 is 27.8 Å². The van der Waals surface area contributed by atoms with Crippen molar-refractivity contribution in [3.63, 3.8) is 0 Å². The highest BCUT2D eigenvalue weighted by atomic mass is 79.9. The first-order chi connectivity index (χ1) is 20.7. The summed E-state index contributed by atoms with van der Waals surface area (Å²) in [4.78, 5) is 29.0. The largest absolute Gasteiger partial charge is 0.416 e. The van der Waals surface area contributed by atoms with Crippen molar-refractivity contribution in [1.29, 1.82) is 0 Å². The van der Waals surface area contributed by atoms with Crippen LogP contribution in [0.2, 0.25) is 0 Å². The Bertz CT molecular complexity index is 1520. The lowest BCUT2D eigenvalue weighted by Gasteiger charge is -2.33. The molecule has 0 fully saturated rings. The molecule has 2 atom stereocenters. The van der Waals surface area contributed by atoms with Gasteiger partial charge in [-0.05, 0) is 61.2 Å². The summed E-state index contributed by atoms with van der Waals surface area (Å²) < 4.78 is 66.8. The molecular weight excluding hydrogens is 659 g/mol. The van der Waals surface area contributed by atoms with E-state index >= 15 is 0 Å². The molecule has 44 heavy (non-hydrogen) atoms. The molecule has 0 aromatic heterocycles. The number of alkyl halides is 3. The maximum atomic E-state index is 13.9. The van der Waals surface area contributed by atoms with Crippen molar-refractivity contribution in [2.24, 2.45) is 0 Å². The lowest BCUT2D eigenvalue weighted by molar-refractivity contribution is -0.141. The summed E-state index contributed by atoms with van der Waals surface area (Å²) in [6.45, 7) is 3.72. The number of nitrogens with zero attached hydrogens (tertiary/aromatic N) is 2. The third-order valence-corrected chi connectivity index (χ3v) is 8.82. The Morgan fingerprint density at radius 3 is 2.23 bits per heavy atom. The molecule has 0 saturated heterocycles. The molecule has 1 N–H and O–H groups in total. The predicted molar refractivity (Wildman–Crippen MR) is 169 cm³/mol. The van der Waals surface area contributed by atoms with Gasteiger partial charge in [0, 0.05) is 36.4 Å². The molecule has 12 heteroatoms. The molecule has 3 rings (SSSR count). The van der Waals surface area contributed by atoms with Gasteiger partial charge in [0.05, 0.1) is 17.5 Å². The summed E-state index contributed by atoms with van der Waals surface area (Å²) >= 11 is 3.45. The summed E-state index contributed by atoms with van der Waals surface area (Å²) in [6, 6.07) is 19.8. The van der Waals surface area contributed by atoms with Crippen molar-refractivity contribution in [2.75, 3.05) is 17.1 Å². The van der Waals surface area contributed by atoms with Crippen LogP contribution in [0.5, 0.6) is 0 Å². The zero-order valence-electron chi connectivity index (χ0n) is 24.9. The molecule has 0 unspecified atom stereocenters. The van der Waals surface area contributed by atoms with E-state index in [0.29, 0.717) is 6.42 Å². The van der Waals surface area contributed by atoms with Crippen LogP contribution in [0.25, 0.3) is 0 Å². The number of benzene rings is 3. The second kappa shape index (κ2) is 15.6. The van der Waals surface area contributed by atoms with Crippen molar-refractivity contribution >= 4 is 43.5 Å². The number of nitrogens with one attached hydrogen (secondary N) is 1. The van der Waals surface area contributed by atoms with Crippen molar-refractivity contribution in [1.82, 2.24) is 10.2 Å². The van der Waals surface area contributed by atoms with E-state index in [1.165, 1.54) is 11.0 Å². The zero-order chi connectivity index (χ0) is 32.5. The second-order valence-corrected chi connectivity index (χ2v) is 13.5. The Balaban J connectivity index is 1.91. The fourth-order valence-electron chi connectivity index (χ4n) is 4.67. The molecule has 0 saturated carbocycles. The highest BCUT2D eigenvalue weighted by Gasteiger charge is 2.33. The first kappa shape index (κ1) is 35.1. The molecule has 0 radical (unpaired) electrons. The van der Waals surface area contributed by atoms with E-state index in [1.807, 2.05) is 68.4 Å². The van der Waals surface area contributed by atoms with Crippen LogP contribution in [-0.2, 0) is 38.8 Å². The van der Waals surface area contributed by atoms with E-state index in [1.54, 1.807) is 0 Å². The molecule has 238 valence electrons. The van der Waals surface area contributed by atoms with Gasteiger partial charge in [-0.1, -0.05) is 71.4 Å². The van der Waals surface area contributed by atoms with Crippen LogP contribution < -0.4 is 9.62 Å². The number of sulfonamides is 1. The minimum Gasteiger partial charge on any atom is -0.352 e. The lowest BCUT2D eigenvalue weighted by Crippen LogP contribution is -2.52. The molecular formula is C32H37BrF3N3O4S. The van der Waals surface area contributed by atoms with Gasteiger partial charge in [-0.2, -0.15) is 13.2 Å². The van der Waals surface area contributed by atoms with E-state index in [9.17, 15) is 31.2 Å². The van der Waals surface area contributed by atoms with Gasteiger partial charge in [0.15, 0.2) is 0 Å². The first-order valence-corrected chi connectivity index (χ1v) is 16.9. The van der Waals surface area contributed by atoms with E-state index in [-0.39, 0.29) is 55.9 Å². The highest BCUT2D eigenvalue weighted by Crippen LogP contribution is 2.32. The number of halogens is 4. The lowest BCUT2D eigenvalue weighted by atomic mass is 10.0. The second-order valence-electron chi connectivity index (χ2n) is 10.7. The molecule has 0 spiro atoms. The molecule has 0 aliphatic heterocycles. The summed E-state index contributed by atoms with van der Waals surface area (Å²) in [5.41, 5.74) is 0.521. The maximum absolute atomic E-state index is 13.9. The van der Waals surface area contributed by atoms with Crippen LogP contribution in [0.4, 0.5) is 18.9 Å². The zero-order valence-corrected chi connectivity index (χ0v) is 27.3. The SMILES string of the molecule is CC[C@H](C)NC(=O)[C@H](Cc1ccccc1)N(Cc1cccc(Br)c1)C(=O)CCCN(c1cccc(C(F)(F)F)c1)S(C)(=O)=O. The fraction of sp³-hybridized carbons (Fsp3) is 0.375. The first-order valence-electron chi connectivity index (χ1n) is 14.2. The van der Waals surface area contributed by atoms with Crippen LogP contribution in [-0.4, -0.2) is 50.0 Å². The number of amides is 2. The summed E-state index contributed by atoms with van der Waals surface area (Å²) in [6.07, 6.45) is -2.92. The van der Waals surface area contributed by atoms with Gasteiger partial charge in [0.2, 0.25) is 21.8 Å². The molecule has 0 bridgehead atoms. The van der Waals surface area contributed by atoms with Crippen LogP contribution in [0.3, 0.4) is 0 Å². The predicted octanol–water partition coefficient (Wildman–Crippen LogP) is 6.57. The van der Waals surface area contributed by atoms with Crippen LogP contribution in [0.1, 0.15) is 49.8 Å². The molecule has 0 aliphatic rings. The van der Waals surface area contributed by atoms with Gasteiger partial charge in [0.1, 0.15) is 6.04 Å². The molecule has 3 aromatic carbocycles. The third-order valence-electron chi connectivity index (χ3n) is 7.13. The molecule has 0 heterocycles. The Morgan fingerprint density at radius 1 is 0.955 bits per heavy atom. The minimum atomic E-state index is -4.65. The smallest absolute Gasteiger partial charge is 0.352 e. The van der Waals surface area contributed by atoms with E-state index in [2.05, 4.69) is 21.2 Å². The highest BCUT2D eigenvalue weighted by molar-refractivity contribution is 9.10. The summed E-state index contributed by atoms with van der Waals surface area (Å²) in [5.74, 6) is -0.698. The van der Waals surface area contributed by atoms with Gasteiger partial charge >= 0.3 is 6.18 Å². The monoisotopic (exact) mass is 695 g/mol. The van der Waals surface area contributed by atoms with E-state index in [0.717, 1.165) is 44.4 Å². The van der Waals surface area contributed by atoms with Gasteiger partial charge in [-0.25, -0.2) is 8.42 Å². The number of rotatable bonds is 14. The van der Waals surface area contributed by atoms with Crippen molar-refractivity contribution in [3.05, 3.63) is 100 Å². The van der Waals surface area contributed by atoms with Crippen LogP contribution >= 0.6 is 15.9 Å². The maximum Gasteiger partial charge on any atom is 0.416 e. The number of hydrogen-bond acceptors (Lipinski definition) is 4. The van der Waals surface area contributed by atoms with Crippen molar-refractivity contribution in [2.45, 2.75) is 64.3 Å². The summed E-state index contributed by atoms with van der Waals surface area (Å²) in [5, 5.41) is 2.99. The average molecular weight is 697 g/mol. The van der Waals surface area contributed by atoms with Crippen LogP contribution in [0.15, 0.2) is 83.3 Å². The van der Waals surface area contributed by atoms with Crippen molar-refractivity contribution < 1.29 is 31.2 Å². The van der Waals surface area contributed by atoms with Gasteiger partial charge in [0.25, 0.3) is 0 Å². The topological polar surface area (TPSA) is 86.8 Å². The van der Waals surface area contributed by atoms with Crippen molar-refractivity contribution in [3.8, 4) is 0 Å². The van der Waals surface area contributed by atoms with Crippen LogP contribution in [0, 0.1) is 0 Å². The Morgan fingerprint density at radius 2 is 1.61 bits per heavy atom. The average Bonchev–Trinajstić information content (AvgIpc) is 2.96. The number of carbonyl (C=O) groups excluding carboxylic acids is 2. The van der Waals surface area contributed by atoms with Gasteiger partial charge in [-0.15, -0.1) is 0 Å². The molecule has 0 aliphatic carbocycles. The molecule has 3 aromatic rings. The quantitative estimate of drug-likeness (QED) is 0.207. The number of hydrogen-bond donors (Lipinski definition) is 1. The van der Waals surface area contributed by atoms with E-state index in [4.69, 9.17) is 0 Å². The fourth-order valence-corrected chi connectivity index (χ4v) is 6.07. The Labute approximate surface area is 265 Å². The number of carbonyl (C=O) groups is 2. The van der Waals surface area contributed by atoms with Gasteiger partial charge in [-0.3, -0.25) is 13.9 Å². The Kier molecular flexibility index (Phi) is 12.4.